The van der Waals surface area contributed by atoms with E-state index < -0.39 is 11.4 Å². The minimum Gasteiger partial charge on any atom is -0.462 e. The van der Waals surface area contributed by atoms with E-state index >= 15 is 0 Å². The predicted molar refractivity (Wildman–Crippen MR) is 121 cm³/mol. The van der Waals surface area contributed by atoms with E-state index in [4.69, 9.17) is 9.47 Å². The van der Waals surface area contributed by atoms with E-state index in [1.54, 1.807) is 6.92 Å². The highest BCUT2D eigenvalue weighted by atomic mass is 16.5. The van der Waals surface area contributed by atoms with E-state index in [1.165, 1.54) is 51.4 Å². The molecule has 0 aliphatic rings. The summed E-state index contributed by atoms with van der Waals surface area (Å²) in [4.78, 5) is 25.1. The maximum absolute atomic E-state index is 12.7. The lowest BCUT2D eigenvalue weighted by molar-refractivity contribution is -0.143. The second-order valence-electron chi connectivity index (χ2n) is 9.06. The predicted octanol–water partition coefficient (Wildman–Crippen LogP) is 7.16. The van der Waals surface area contributed by atoms with Crippen LogP contribution in [0.15, 0.2) is 11.1 Å². The minimum atomic E-state index is -0.471. The van der Waals surface area contributed by atoms with Gasteiger partial charge in [0.25, 0.3) is 0 Å². The third-order valence-electron chi connectivity index (χ3n) is 5.10. The van der Waals surface area contributed by atoms with Crippen molar-refractivity contribution >= 4 is 11.9 Å². The van der Waals surface area contributed by atoms with Gasteiger partial charge in [-0.3, -0.25) is 0 Å². The fraction of sp³-hybridized carbons (Fsp3) is 0.840. The van der Waals surface area contributed by atoms with Gasteiger partial charge in [-0.25, -0.2) is 9.59 Å². The fourth-order valence-corrected chi connectivity index (χ4v) is 3.40. The van der Waals surface area contributed by atoms with Gasteiger partial charge in [0.15, 0.2) is 0 Å². The zero-order valence-corrected chi connectivity index (χ0v) is 20.0. The number of rotatable bonds is 16. The Labute approximate surface area is 179 Å². The van der Waals surface area contributed by atoms with E-state index in [-0.39, 0.29) is 5.97 Å². The van der Waals surface area contributed by atoms with Crippen LogP contribution in [0.5, 0.6) is 0 Å². The molecule has 0 aliphatic carbocycles. The Bertz CT molecular complexity index is 486. The summed E-state index contributed by atoms with van der Waals surface area (Å²) < 4.78 is 10.9. The molecule has 0 amide bonds. The van der Waals surface area contributed by atoms with Crippen molar-refractivity contribution in [1.29, 1.82) is 0 Å². The Morgan fingerprint density at radius 3 is 1.41 bits per heavy atom. The van der Waals surface area contributed by atoms with Crippen LogP contribution in [0.1, 0.15) is 119 Å². The molecule has 4 nitrogen and oxygen atoms in total. The second kappa shape index (κ2) is 16.5. The van der Waals surface area contributed by atoms with Crippen LogP contribution in [0.4, 0.5) is 0 Å². The van der Waals surface area contributed by atoms with Crippen molar-refractivity contribution in [1.82, 2.24) is 0 Å². The first-order valence-electron chi connectivity index (χ1n) is 11.8. The van der Waals surface area contributed by atoms with E-state index in [2.05, 4.69) is 13.8 Å². The summed E-state index contributed by atoms with van der Waals surface area (Å²) >= 11 is 0. The molecule has 0 rings (SSSR count). The Kier molecular flexibility index (Phi) is 15.7. The lowest BCUT2D eigenvalue weighted by Crippen LogP contribution is -2.25. The van der Waals surface area contributed by atoms with Crippen molar-refractivity contribution < 1.29 is 19.1 Å². The van der Waals surface area contributed by atoms with Gasteiger partial charge in [0.05, 0.1) is 18.8 Å². The largest absolute Gasteiger partial charge is 0.462 e. The zero-order chi connectivity index (χ0) is 22.1. The van der Waals surface area contributed by atoms with Crippen LogP contribution < -0.4 is 0 Å². The van der Waals surface area contributed by atoms with Crippen molar-refractivity contribution in [2.24, 2.45) is 5.41 Å². The van der Waals surface area contributed by atoms with Gasteiger partial charge in [-0.2, -0.15) is 0 Å². The molecule has 0 radical (unpaired) electrons. The van der Waals surface area contributed by atoms with E-state index in [9.17, 15) is 9.59 Å². The maximum Gasteiger partial charge on any atom is 0.335 e. The normalized spacial score (nSPS) is 12.5. The van der Waals surface area contributed by atoms with Gasteiger partial charge >= 0.3 is 11.9 Å². The molecule has 0 heterocycles. The van der Waals surface area contributed by atoms with Crippen LogP contribution in [-0.2, 0) is 19.1 Å². The molecule has 0 saturated carbocycles. The molecule has 0 saturated heterocycles. The number of carbonyl (C=O) groups excluding carboxylic acids is 2. The standard InChI is InChI=1S/C25H46O4/c1-7-9-11-13-15-17-19-28-23(26)21(3)22(25(4,5)6)24(27)29-20-18-16-14-12-10-8-2/h7-20H2,1-6H3/b22-21+. The molecule has 0 aromatic rings. The third kappa shape index (κ3) is 13.5. The van der Waals surface area contributed by atoms with Gasteiger partial charge in [0.1, 0.15) is 0 Å². The summed E-state index contributed by atoms with van der Waals surface area (Å²) in [6, 6.07) is 0. The molecule has 0 aromatic heterocycles. The molecular weight excluding hydrogens is 364 g/mol. The monoisotopic (exact) mass is 410 g/mol. The van der Waals surface area contributed by atoms with Gasteiger partial charge in [-0.1, -0.05) is 98.8 Å². The number of unbranched alkanes of at least 4 members (excludes halogenated alkanes) is 10. The van der Waals surface area contributed by atoms with Crippen LogP contribution in [0.25, 0.3) is 0 Å². The number of ether oxygens (including phenoxy) is 2. The average molecular weight is 411 g/mol. The fourth-order valence-electron chi connectivity index (χ4n) is 3.40. The lowest BCUT2D eigenvalue weighted by Gasteiger charge is -2.23. The summed E-state index contributed by atoms with van der Waals surface area (Å²) in [5.74, 6) is -0.792. The van der Waals surface area contributed by atoms with Crippen LogP contribution in [-0.4, -0.2) is 25.2 Å². The quantitative estimate of drug-likeness (QED) is 0.154. The molecule has 0 unspecified atom stereocenters. The van der Waals surface area contributed by atoms with Crippen LogP contribution in [0.2, 0.25) is 0 Å². The van der Waals surface area contributed by atoms with Gasteiger partial charge in [0.2, 0.25) is 0 Å². The molecule has 4 heteroatoms. The highest BCUT2D eigenvalue weighted by Crippen LogP contribution is 2.30. The van der Waals surface area contributed by atoms with Crippen molar-refractivity contribution in [2.75, 3.05) is 13.2 Å². The SMILES string of the molecule is CCCCCCCCOC(=O)/C(C)=C(\C(=O)OCCCCCCCC)C(C)(C)C. The summed E-state index contributed by atoms with van der Waals surface area (Å²) in [7, 11) is 0. The topological polar surface area (TPSA) is 52.6 Å². The molecule has 0 bridgehead atoms. The minimum absolute atomic E-state index is 0.372. The summed E-state index contributed by atoms with van der Waals surface area (Å²) in [5.41, 5.74) is 0.328. The first kappa shape index (κ1) is 27.7. The Balaban J connectivity index is 4.53. The van der Waals surface area contributed by atoms with Crippen LogP contribution >= 0.6 is 0 Å². The summed E-state index contributed by atoms with van der Waals surface area (Å²) in [6.07, 6.45) is 13.7. The number of hydrogen-bond donors (Lipinski definition) is 0. The zero-order valence-electron chi connectivity index (χ0n) is 20.0. The van der Waals surface area contributed by atoms with E-state index in [0.29, 0.717) is 24.4 Å². The highest BCUT2D eigenvalue weighted by molar-refractivity contribution is 6.00. The van der Waals surface area contributed by atoms with E-state index in [0.717, 1.165) is 25.7 Å². The Morgan fingerprint density at radius 1 is 0.621 bits per heavy atom. The molecule has 0 aliphatic heterocycles. The highest BCUT2D eigenvalue weighted by Gasteiger charge is 2.30. The Morgan fingerprint density at radius 2 is 1.00 bits per heavy atom. The molecule has 0 aromatic carbocycles. The summed E-state index contributed by atoms with van der Waals surface area (Å²) in [5, 5.41) is 0. The van der Waals surface area contributed by atoms with Crippen LogP contribution in [0.3, 0.4) is 0 Å². The van der Waals surface area contributed by atoms with E-state index in [1.807, 2.05) is 20.8 Å². The third-order valence-corrected chi connectivity index (χ3v) is 5.10. The number of esters is 2. The van der Waals surface area contributed by atoms with Crippen LogP contribution in [0, 0.1) is 5.41 Å². The maximum atomic E-state index is 12.7. The first-order chi connectivity index (χ1) is 13.8. The smallest absolute Gasteiger partial charge is 0.335 e. The Hall–Kier alpha value is -1.32. The van der Waals surface area contributed by atoms with Crippen molar-refractivity contribution in [3.8, 4) is 0 Å². The number of carbonyl (C=O) groups is 2. The van der Waals surface area contributed by atoms with Crippen molar-refractivity contribution in [3.05, 3.63) is 11.1 Å². The first-order valence-corrected chi connectivity index (χ1v) is 11.8. The number of hydrogen-bond acceptors (Lipinski definition) is 4. The van der Waals surface area contributed by atoms with Crippen molar-refractivity contribution in [3.63, 3.8) is 0 Å². The van der Waals surface area contributed by atoms with Gasteiger partial charge in [-0.15, -0.1) is 0 Å². The molecular formula is C25H46O4. The molecule has 0 spiro atoms. The van der Waals surface area contributed by atoms with Gasteiger partial charge < -0.3 is 9.47 Å². The lowest BCUT2D eigenvalue weighted by atomic mass is 9.83. The molecule has 0 N–H and O–H groups in total. The molecule has 0 fully saturated rings. The van der Waals surface area contributed by atoms with Gasteiger partial charge in [-0.05, 0) is 25.2 Å². The van der Waals surface area contributed by atoms with Crippen molar-refractivity contribution in [2.45, 2.75) is 119 Å². The second-order valence-corrected chi connectivity index (χ2v) is 9.06. The van der Waals surface area contributed by atoms with Gasteiger partial charge in [0, 0.05) is 5.57 Å². The molecule has 29 heavy (non-hydrogen) atoms. The summed E-state index contributed by atoms with van der Waals surface area (Å²) in [6.45, 7) is 12.7. The molecule has 170 valence electrons. The molecule has 0 atom stereocenters. The average Bonchev–Trinajstić information content (AvgIpc) is 2.65.